The molecule has 0 radical (unpaired) electrons. The molecule has 1 heterocycles. The maximum absolute atomic E-state index is 12.6. The Morgan fingerprint density at radius 3 is 2.59 bits per heavy atom. The van der Waals surface area contributed by atoms with Gasteiger partial charge in [-0.3, -0.25) is 19.2 Å². The fourth-order valence-corrected chi connectivity index (χ4v) is 3.81. The van der Waals surface area contributed by atoms with Crippen LogP contribution >= 0.6 is 0 Å². The third kappa shape index (κ3) is 4.51. The predicted molar refractivity (Wildman–Crippen MR) is 120 cm³/mol. The molecular formula is C25H22N2O5. The molecule has 0 saturated carbocycles. The van der Waals surface area contributed by atoms with E-state index in [0.717, 1.165) is 16.5 Å². The lowest BCUT2D eigenvalue weighted by atomic mass is 10.1. The van der Waals surface area contributed by atoms with E-state index in [1.165, 1.54) is 6.92 Å². The molecule has 0 aliphatic carbocycles. The van der Waals surface area contributed by atoms with Crippen molar-refractivity contribution in [2.75, 3.05) is 23.4 Å². The van der Waals surface area contributed by atoms with Crippen molar-refractivity contribution in [1.29, 1.82) is 0 Å². The molecule has 3 aromatic carbocycles. The van der Waals surface area contributed by atoms with Gasteiger partial charge in [0.2, 0.25) is 5.91 Å². The molecule has 3 aromatic rings. The Hall–Kier alpha value is -4.00. The lowest BCUT2D eigenvalue weighted by Crippen LogP contribution is -2.28. The summed E-state index contributed by atoms with van der Waals surface area (Å²) in [4.78, 5) is 50.3. The molecule has 1 aliphatic rings. The van der Waals surface area contributed by atoms with Gasteiger partial charge in [-0.05, 0) is 30.5 Å². The molecule has 7 heteroatoms. The number of hydrogen-bond acceptors (Lipinski definition) is 5. The van der Waals surface area contributed by atoms with Crippen LogP contribution in [0.3, 0.4) is 0 Å². The summed E-state index contributed by atoms with van der Waals surface area (Å²) in [6, 6.07) is 20.0. The van der Waals surface area contributed by atoms with Crippen LogP contribution in [-0.4, -0.2) is 36.7 Å². The highest BCUT2D eigenvalue weighted by molar-refractivity contribution is 6.06. The smallest absolute Gasteiger partial charge is 0.311 e. The van der Waals surface area contributed by atoms with E-state index in [4.69, 9.17) is 4.74 Å². The number of benzene rings is 3. The molecule has 0 spiro atoms. The van der Waals surface area contributed by atoms with Crippen molar-refractivity contribution in [3.63, 3.8) is 0 Å². The van der Waals surface area contributed by atoms with Crippen LogP contribution in [0.1, 0.15) is 23.7 Å². The van der Waals surface area contributed by atoms with Gasteiger partial charge in [-0.1, -0.05) is 48.5 Å². The second-order valence-corrected chi connectivity index (χ2v) is 7.70. The van der Waals surface area contributed by atoms with Crippen molar-refractivity contribution in [1.82, 2.24) is 0 Å². The van der Waals surface area contributed by atoms with Crippen molar-refractivity contribution < 1.29 is 23.9 Å². The molecule has 0 unspecified atom stereocenters. The van der Waals surface area contributed by atoms with Crippen molar-refractivity contribution in [3.05, 3.63) is 72.3 Å². The SMILES string of the molecule is CC(=O)c1cccc(NC(=O)COC(=O)[C@@H]2CC(=O)N(c3cccc4ccccc34)C2)c1. The number of Topliss-reactive ketones (excluding diaryl/α,β-unsaturated/α-hetero) is 1. The molecule has 162 valence electrons. The highest BCUT2D eigenvalue weighted by atomic mass is 16.5. The van der Waals surface area contributed by atoms with E-state index in [9.17, 15) is 19.2 Å². The van der Waals surface area contributed by atoms with Gasteiger partial charge in [0, 0.05) is 29.6 Å². The standard InChI is InChI=1S/C25H22N2O5/c1-16(28)18-8-4-9-20(12-18)26-23(29)15-32-25(31)19-13-24(30)27(14-19)22-11-5-7-17-6-2-3-10-21(17)22/h2-12,19H,13-15H2,1H3,(H,26,29)/t19-/m1/s1. The molecule has 0 aromatic heterocycles. The van der Waals surface area contributed by atoms with E-state index in [1.54, 1.807) is 29.2 Å². The largest absolute Gasteiger partial charge is 0.455 e. The number of ketones is 1. The first-order valence-corrected chi connectivity index (χ1v) is 10.3. The molecule has 1 aliphatic heterocycles. The number of amides is 2. The first kappa shape index (κ1) is 21.2. The molecular weight excluding hydrogens is 408 g/mol. The normalized spacial score (nSPS) is 15.6. The maximum Gasteiger partial charge on any atom is 0.311 e. The summed E-state index contributed by atoms with van der Waals surface area (Å²) in [7, 11) is 0. The molecule has 1 N–H and O–H groups in total. The Kier molecular flexibility index (Phi) is 5.98. The second-order valence-electron chi connectivity index (χ2n) is 7.70. The van der Waals surface area contributed by atoms with Crippen LogP contribution in [0.25, 0.3) is 10.8 Å². The Bertz CT molecular complexity index is 1210. The zero-order chi connectivity index (χ0) is 22.7. The van der Waals surface area contributed by atoms with Crippen molar-refractivity contribution >= 4 is 45.7 Å². The third-order valence-corrected chi connectivity index (χ3v) is 5.41. The summed E-state index contributed by atoms with van der Waals surface area (Å²) in [5, 5.41) is 4.54. The summed E-state index contributed by atoms with van der Waals surface area (Å²) in [6.07, 6.45) is 0.0321. The number of anilines is 2. The van der Waals surface area contributed by atoms with Gasteiger partial charge in [0.1, 0.15) is 0 Å². The first-order valence-electron chi connectivity index (χ1n) is 10.3. The van der Waals surface area contributed by atoms with E-state index in [2.05, 4.69) is 5.32 Å². The van der Waals surface area contributed by atoms with Crippen molar-refractivity contribution in [2.24, 2.45) is 5.92 Å². The third-order valence-electron chi connectivity index (χ3n) is 5.41. The van der Waals surface area contributed by atoms with Crippen LogP contribution in [0.4, 0.5) is 11.4 Å². The fourth-order valence-electron chi connectivity index (χ4n) is 3.81. The summed E-state index contributed by atoms with van der Waals surface area (Å²) >= 11 is 0. The Balaban J connectivity index is 1.36. The maximum atomic E-state index is 12.6. The van der Waals surface area contributed by atoms with Gasteiger partial charge in [-0.15, -0.1) is 0 Å². The van der Waals surface area contributed by atoms with Crippen molar-refractivity contribution in [3.8, 4) is 0 Å². The monoisotopic (exact) mass is 430 g/mol. The summed E-state index contributed by atoms with van der Waals surface area (Å²) in [6.45, 7) is 1.17. The molecule has 2 amide bonds. The minimum Gasteiger partial charge on any atom is -0.455 e. The summed E-state index contributed by atoms with van der Waals surface area (Å²) in [5.74, 6) is -2.03. The lowest BCUT2D eigenvalue weighted by Gasteiger charge is -2.18. The van der Waals surface area contributed by atoms with E-state index < -0.39 is 24.4 Å². The number of hydrogen-bond donors (Lipinski definition) is 1. The van der Waals surface area contributed by atoms with Crippen LogP contribution in [0.15, 0.2) is 66.7 Å². The van der Waals surface area contributed by atoms with E-state index in [0.29, 0.717) is 11.3 Å². The molecule has 32 heavy (non-hydrogen) atoms. The van der Waals surface area contributed by atoms with Crippen LogP contribution in [0.2, 0.25) is 0 Å². The molecule has 7 nitrogen and oxygen atoms in total. The molecule has 4 rings (SSSR count). The number of rotatable bonds is 6. The van der Waals surface area contributed by atoms with Crippen molar-refractivity contribution in [2.45, 2.75) is 13.3 Å². The predicted octanol–water partition coefficient (Wildman–Crippen LogP) is 3.58. The second kappa shape index (κ2) is 9.01. The minimum atomic E-state index is -0.643. The number of esters is 1. The molecule has 1 atom stereocenters. The molecule has 1 fully saturated rings. The van der Waals surface area contributed by atoms with Crippen LogP contribution < -0.4 is 10.2 Å². The number of fused-ring (bicyclic) bond motifs is 1. The van der Waals surface area contributed by atoms with Gasteiger partial charge in [-0.2, -0.15) is 0 Å². The van der Waals surface area contributed by atoms with Gasteiger partial charge in [0.15, 0.2) is 12.4 Å². The topological polar surface area (TPSA) is 92.8 Å². The number of nitrogens with one attached hydrogen (secondary N) is 1. The number of ether oxygens (including phenoxy) is 1. The summed E-state index contributed by atoms with van der Waals surface area (Å²) in [5.41, 5.74) is 1.67. The lowest BCUT2D eigenvalue weighted by molar-refractivity contribution is -0.151. The van der Waals surface area contributed by atoms with Crippen LogP contribution in [0.5, 0.6) is 0 Å². The van der Waals surface area contributed by atoms with Crippen LogP contribution in [0, 0.1) is 5.92 Å². The minimum absolute atomic E-state index is 0.0321. The number of carbonyl (C=O) groups excluding carboxylic acids is 4. The highest BCUT2D eigenvalue weighted by Crippen LogP contribution is 2.32. The Morgan fingerprint density at radius 2 is 1.78 bits per heavy atom. The van der Waals surface area contributed by atoms with Crippen LogP contribution in [-0.2, 0) is 19.1 Å². The highest BCUT2D eigenvalue weighted by Gasteiger charge is 2.36. The Labute approximate surface area is 185 Å². The first-order chi connectivity index (χ1) is 15.4. The fraction of sp³-hybridized carbons (Fsp3) is 0.200. The van der Waals surface area contributed by atoms with E-state index in [1.807, 2.05) is 42.5 Å². The zero-order valence-electron chi connectivity index (χ0n) is 17.5. The number of nitrogens with zero attached hydrogens (tertiary/aromatic N) is 1. The van der Waals surface area contributed by atoms with Gasteiger partial charge < -0.3 is 15.0 Å². The van der Waals surface area contributed by atoms with Gasteiger partial charge in [0.05, 0.1) is 11.6 Å². The van der Waals surface area contributed by atoms with E-state index in [-0.39, 0.29) is 24.7 Å². The zero-order valence-corrected chi connectivity index (χ0v) is 17.5. The van der Waals surface area contributed by atoms with Gasteiger partial charge >= 0.3 is 5.97 Å². The molecule has 1 saturated heterocycles. The average Bonchev–Trinajstić information content (AvgIpc) is 3.18. The van der Waals surface area contributed by atoms with E-state index >= 15 is 0 Å². The summed E-state index contributed by atoms with van der Waals surface area (Å²) < 4.78 is 5.16. The quantitative estimate of drug-likeness (QED) is 0.477. The Morgan fingerprint density at radius 1 is 1.03 bits per heavy atom. The average molecular weight is 430 g/mol. The number of carbonyl (C=O) groups is 4. The molecule has 0 bridgehead atoms. The van der Waals surface area contributed by atoms with Gasteiger partial charge in [0.25, 0.3) is 5.91 Å². The van der Waals surface area contributed by atoms with Gasteiger partial charge in [-0.25, -0.2) is 0 Å².